The van der Waals surface area contributed by atoms with Crippen LogP contribution in [0.5, 0.6) is 0 Å². The number of hydrogen-bond donors (Lipinski definition) is 2. The number of nitrogen functional groups attached to an aromatic ring is 1. The van der Waals surface area contributed by atoms with Crippen LogP contribution < -0.4 is 11.1 Å². The van der Waals surface area contributed by atoms with Crippen LogP contribution in [0.3, 0.4) is 0 Å². The number of halogens is 1. The summed E-state index contributed by atoms with van der Waals surface area (Å²) in [7, 11) is 2.16. The molecule has 0 amide bonds. The third-order valence-electron chi connectivity index (χ3n) is 2.88. The summed E-state index contributed by atoms with van der Waals surface area (Å²) in [5.74, 6) is 0. The van der Waals surface area contributed by atoms with Crippen LogP contribution in [-0.4, -0.2) is 31.1 Å². The monoisotopic (exact) mass is 299 g/mol. The van der Waals surface area contributed by atoms with Crippen LogP contribution in [-0.2, 0) is 0 Å². The first-order chi connectivity index (χ1) is 8.00. The number of nitrogens with one attached hydrogen (secondary N) is 1. The molecule has 0 saturated heterocycles. The van der Waals surface area contributed by atoms with Crippen molar-refractivity contribution in [2.24, 2.45) is 0 Å². The third-order valence-corrected chi connectivity index (χ3v) is 3.53. The molecule has 0 heterocycles. The van der Waals surface area contributed by atoms with Crippen molar-refractivity contribution in [1.29, 1.82) is 0 Å². The second-order valence-electron chi connectivity index (χ2n) is 4.59. The Hall–Kier alpha value is -0.740. The fraction of sp³-hybridized carbons (Fsp3) is 0.538. The first-order valence-corrected chi connectivity index (χ1v) is 6.79. The molecule has 0 spiro atoms. The largest absolute Gasteiger partial charge is 0.399 e. The maximum absolute atomic E-state index is 5.69. The highest BCUT2D eigenvalue weighted by atomic mass is 79.9. The van der Waals surface area contributed by atoms with Crippen molar-refractivity contribution in [1.82, 2.24) is 4.90 Å². The molecular formula is C13H22BrN3. The zero-order chi connectivity index (χ0) is 12.8. The van der Waals surface area contributed by atoms with Crippen molar-refractivity contribution < 1.29 is 0 Å². The van der Waals surface area contributed by atoms with Gasteiger partial charge in [-0.1, -0.05) is 0 Å². The summed E-state index contributed by atoms with van der Waals surface area (Å²) in [6.07, 6.45) is 1.13. The molecule has 0 unspecified atom stereocenters. The van der Waals surface area contributed by atoms with Gasteiger partial charge in [-0.3, -0.25) is 0 Å². The summed E-state index contributed by atoms with van der Waals surface area (Å²) >= 11 is 3.50. The normalized spacial score (nSPS) is 11.2. The lowest BCUT2D eigenvalue weighted by atomic mass is 10.2. The minimum Gasteiger partial charge on any atom is -0.399 e. The van der Waals surface area contributed by atoms with E-state index in [2.05, 4.69) is 47.0 Å². The van der Waals surface area contributed by atoms with E-state index >= 15 is 0 Å². The van der Waals surface area contributed by atoms with E-state index in [0.717, 1.165) is 35.4 Å². The molecule has 3 nitrogen and oxygen atoms in total. The summed E-state index contributed by atoms with van der Waals surface area (Å²) in [6, 6.07) is 6.44. The summed E-state index contributed by atoms with van der Waals surface area (Å²) < 4.78 is 1.02. The fourth-order valence-electron chi connectivity index (χ4n) is 1.48. The van der Waals surface area contributed by atoms with Gasteiger partial charge in [-0.2, -0.15) is 0 Å². The number of nitrogens with zero attached hydrogens (tertiary/aromatic N) is 1. The fourth-order valence-corrected chi connectivity index (χ4v) is 2.02. The second-order valence-corrected chi connectivity index (χ2v) is 5.45. The van der Waals surface area contributed by atoms with Crippen LogP contribution >= 0.6 is 15.9 Å². The van der Waals surface area contributed by atoms with Crippen LogP contribution in [0.25, 0.3) is 0 Å². The molecule has 96 valence electrons. The molecule has 0 radical (unpaired) electrons. The Bertz CT molecular complexity index is 353. The van der Waals surface area contributed by atoms with E-state index in [1.807, 2.05) is 18.2 Å². The van der Waals surface area contributed by atoms with Gasteiger partial charge in [0.05, 0.1) is 0 Å². The molecule has 1 rings (SSSR count). The van der Waals surface area contributed by atoms with Gasteiger partial charge in [0.2, 0.25) is 0 Å². The van der Waals surface area contributed by atoms with Crippen LogP contribution in [0.15, 0.2) is 22.7 Å². The number of anilines is 2. The smallest absolute Gasteiger partial charge is 0.0486 e. The lowest BCUT2D eigenvalue weighted by Gasteiger charge is -2.21. The van der Waals surface area contributed by atoms with E-state index < -0.39 is 0 Å². The minimum atomic E-state index is 0.609. The molecule has 17 heavy (non-hydrogen) atoms. The van der Waals surface area contributed by atoms with E-state index in [1.165, 1.54) is 0 Å². The second kappa shape index (κ2) is 6.87. The molecule has 3 N–H and O–H groups in total. The maximum Gasteiger partial charge on any atom is 0.0486 e. The van der Waals surface area contributed by atoms with Crippen molar-refractivity contribution in [3.8, 4) is 0 Å². The summed E-state index contributed by atoms with van der Waals surface area (Å²) in [5, 5.41) is 3.41. The lowest BCUT2D eigenvalue weighted by molar-refractivity contribution is 0.273. The Labute approximate surface area is 113 Å². The van der Waals surface area contributed by atoms with Gasteiger partial charge in [-0.15, -0.1) is 0 Å². The zero-order valence-corrected chi connectivity index (χ0v) is 12.4. The topological polar surface area (TPSA) is 41.3 Å². The van der Waals surface area contributed by atoms with Gasteiger partial charge < -0.3 is 16.0 Å². The van der Waals surface area contributed by atoms with E-state index in [0.29, 0.717) is 6.04 Å². The number of hydrogen-bond acceptors (Lipinski definition) is 3. The average molecular weight is 300 g/mol. The predicted molar refractivity (Wildman–Crippen MR) is 79.4 cm³/mol. The minimum absolute atomic E-state index is 0.609. The zero-order valence-electron chi connectivity index (χ0n) is 10.8. The van der Waals surface area contributed by atoms with Gasteiger partial charge in [0, 0.05) is 28.4 Å². The van der Waals surface area contributed by atoms with Crippen molar-refractivity contribution in [3.63, 3.8) is 0 Å². The molecule has 0 bridgehead atoms. The van der Waals surface area contributed by atoms with Gasteiger partial charge in [0.25, 0.3) is 0 Å². The lowest BCUT2D eigenvalue weighted by Crippen LogP contribution is -2.28. The number of benzene rings is 1. The first-order valence-electron chi connectivity index (χ1n) is 6.00. The molecule has 1 aromatic rings. The molecule has 4 heteroatoms. The number of nitrogens with two attached hydrogens (primary N) is 1. The third kappa shape index (κ3) is 4.96. The maximum atomic E-state index is 5.69. The highest BCUT2D eigenvalue weighted by molar-refractivity contribution is 9.10. The van der Waals surface area contributed by atoms with E-state index in [-0.39, 0.29) is 0 Å². The van der Waals surface area contributed by atoms with Crippen molar-refractivity contribution >= 4 is 27.3 Å². The van der Waals surface area contributed by atoms with Crippen molar-refractivity contribution in [2.75, 3.05) is 31.2 Å². The Kier molecular flexibility index (Phi) is 5.78. The van der Waals surface area contributed by atoms with Gasteiger partial charge in [-0.25, -0.2) is 0 Å². The van der Waals surface area contributed by atoms with E-state index in [1.54, 1.807) is 0 Å². The standard InChI is InChI=1S/C13H22BrN3/c1-10(2)17(3)8-4-7-16-13-6-5-11(15)9-12(13)14/h5-6,9-10,16H,4,7-8,15H2,1-3H3. The Balaban J connectivity index is 2.31. The predicted octanol–water partition coefficient (Wildman–Crippen LogP) is 3.17. The van der Waals surface area contributed by atoms with Crippen molar-refractivity contribution in [2.45, 2.75) is 26.3 Å². The van der Waals surface area contributed by atoms with Crippen LogP contribution in [0.1, 0.15) is 20.3 Å². The van der Waals surface area contributed by atoms with Crippen molar-refractivity contribution in [3.05, 3.63) is 22.7 Å². The summed E-state index contributed by atoms with van der Waals surface area (Å²) in [4.78, 5) is 2.35. The van der Waals surface area contributed by atoms with Gasteiger partial charge in [0.15, 0.2) is 0 Å². The molecule has 1 aromatic carbocycles. The van der Waals surface area contributed by atoms with Gasteiger partial charge in [0.1, 0.15) is 0 Å². The molecule has 0 fully saturated rings. The summed E-state index contributed by atoms with van der Waals surface area (Å²) in [6.45, 7) is 6.50. The quantitative estimate of drug-likeness (QED) is 0.626. The Morgan fingerprint density at radius 1 is 1.41 bits per heavy atom. The van der Waals surface area contributed by atoms with Crippen LogP contribution in [0.2, 0.25) is 0 Å². The molecule has 0 aliphatic carbocycles. The Morgan fingerprint density at radius 2 is 2.12 bits per heavy atom. The highest BCUT2D eigenvalue weighted by Gasteiger charge is 2.03. The molecule has 0 aromatic heterocycles. The molecule has 0 aliphatic heterocycles. The van der Waals surface area contributed by atoms with Crippen LogP contribution in [0, 0.1) is 0 Å². The van der Waals surface area contributed by atoms with Crippen LogP contribution in [0.4, 0.5) is 11.4 Å². The molecule has 0 aliphatic rings. The number of rotatable bonds is 6. The SMILES string of the molecule is CC(C)N(C)CCCNc1ccc(N)cc1Br. The molecular weight excluding hydrogens is 278 g/mol. The van der Waals surface area contributed by atoms with Gasteiger partial charge in [-0.05, 0) is 68.0 Å². The summed E-state index contributed by atoms with van der Waals surface area (Å²) in [5.41, 5.74) is 7.57. The molecule has 0 saturated carbocycles. The molecule has 0 atom stereocenters. The van der Waals surface area contributed by atoms with Gasteiger partial charge >= 0.3 is 0 Å². The first kappa shape index (κ1) is 14.3. The van der Waals surface area contributed by atoms with E-state index in [4.69, 9.17) is 5.73 Å². The van der Waals surface area contributed by atoms with E-state index in [9.17, 15) is 0 Å². The Morgan fingerprint density at radius 3 is 2.71 bits per heavy atom. The highest BCUT2D eigenvalue weighted by Crippen LogP contribution is 2.24. The average Bonchev–Trinajstić information content (AvgIpc) is 2.26.